The van der Waals surface area contributed by atoms with Crippen LogP contribution in [-0.4, -0.2) is 10.8 Å². The maximum atomic E-state index is 12.9. The van der Waals surface area contributed by atoms with Gasteiger partial charge >= 0.3 is 0 Å². The monoisotopic (exact) mass is 220 g/mol. The van der Waals surface area contributed by atoms with Gasteiger partial charge in [0.2, 0.25) is 0 Å². The fourth-order valence-corrected chi connectivity index (χ4v) is 1.57. The van der Waals surface area contributed by atoms with Gasteiger partial charge in [-0.25, -0.2) is 4.39 Å². The second kappa shape index (κ2) is 4.79. The second-order valence-electron chi connectivity index (χ2n) is 3.71. The molecule has 0 amide bonds. The van der Waals surface area contributed by atoms with E-state index in [1.165, 1.54) is 12.1 Å². The molecule has 1 aliphatic rings. The molecule has 84 valence electrons. The van der Waals surface area contributed by atoms with E-state index in [4.69, 9.17) is 0 Å². The van der Waals surface area contributed by atoms with Crippen LogP contribution in [0.3, 0.4) is 0 Å². The standard InChI is InChI=1S/C12H13FN2O/c13-9-3-1-4-10(7-9)14-15-11-5-2-6-12(16)8-11/h1,3-4,7-8,14,16H,2,5-6H2. The summed E-state index contributed by atoms with van der Waals surface area (Å²) in [6.07, 6.45) is 4.08. The molecule has 0 atom stereocenters. The number of hydrogen-bond acceptors (Lipinski definition) is 3. The number of halogens is 1. The summed E-state index contributed by atoms with van der Waals surface area (Å²) in [5.41, 5.74) is 4.16. The van der Waals surface area contributed by atoms with E-state index in [1.54, 1.807) is 18.2 Å². The summed E-state index contributed by atoms with van der Waals surface area (Å²) in [5.74, 6) is 0.0540. The Kier molecular flexibility index (Phi) is 3.19. The van der Waals surface area contributed by atoms with Crippen molar-refractivity contribution >= 4 is 11.4 Å². The maximum absolute atomic E-state index is 12.9. The first kappa shape index (κ1) is 10.7. The number of hydrogen-bond donors (Lipinski definition) is 2. The summed E-state index contributed by atoms with van der Waals surface area (Å²) in [6.45, 7) is 0. The van der Waals surface area contributed by atoms with Crippen molar-refractivity contribution in [3.63, 3.8) is 0 Å². The van der Waals surface area contributed by atoms with Crippen molar-refractivity contribution in [2.45, 2.75) is 19.3 Å². The highest BCUT2D eigenvalue weighted by Crippen LogP contribution is 2.14. The zero-order valence-electron chi connectivity index (χ0n) is 8.78. The molecule has 0 radical (unpaired) electrons. The van der Waals surface area contributed by atoms with Gasteiger partial charge in [0.05, 0.1) is 17.2 Å². The van der Waals surface area contributed by atoms with Gasteiger partial charge in [-0.2, -0.15) is 5.10 Å². The average molecular weight is 220 g/mol. The molecule has 3 nitrogen and oxygen atoms in total. The maximum Gasteiger partial charge on any atom is 0.125 e. The lowest BCUT2D eigenvalue weighted by Gasteiger charge is -2.09. The van der Waals surface area contributed by atoms with Gasteiger partial charge in [-0.3, -0.25) is 5.43 Å². The van der Waals surface area contributed by atoms with Gasteiger partial charge in [0.15, 0.2) is 0 Å². The van der Waals surface area contributed by atoms with Crippen molar-refractivity contribution in [1.29, 1.82) is 0 Å². The van der Waals surface area contributed by atoms with E-state index in [0.717, 1.165) is 18.6 Å². The molecule has 0 heterocycles. The van der Waals surface area contributed by atoms with Crippen LogP contribution in [0.2, 0.25) is 0 Å². The number of benzene rings is 1. The number of aliphatic hydroxyl groups is 1. The van der Waals surface area contributed by atoms with Crippen LogP contribution in [-0.2, 0) is 0 Å². The molecule has 0 spiro atoms. The number of anilines is 1. The van der Waals surface area contributed by atoms with Crippen LogP contribution in [0.4, 0.5) is 10.1 Å². The third-order valence-corrected chi connectivity index (χ3v) is 2.35. The minimum absolute atomic E-state index is 0.299. The first-order valence-electron chi connectivity index (χ1n) is 5.22. The zero-order chi connectivity index (χ0) is 11.4. The molecular formula is C12H13FN2O. The first-order chi connectivity index (χ1) is 7.74. The Bertz CT molecular complexity index is 440. The number of hydrazone groups is 1. The van der Waals surface area contributed by atoms with Gasteiger partial charge in [0, 0.05) is 6.42 Å². The SMILES string of the molecule is OC1=CC(=NNc2cccc(F)c2)CCC1. The highest BCUT2D eigenvalue weighted by molar-refractivity contribution is 5.96. The molecule has 0 saturated carbocycles. The molecular weight excluding hydrogens is 207 g/mol. The highest BCUT2D eigenvalue weighted by atomic mass is 19.1. The third kappa shape index (κ3) is 2.82. The molecule has 16 heavy (non-hydrogen) atoms. The summed E-state index contributed by atoms with van der Waals surface area (Å²) in [7, 11) is 0. The number of rotatable bonds is 2. The molecule has 0 unspecified atom stereocenters. The van der Waals surface area contributed by atoms with Crippen LogP contribution in [0.25, 0.3) is 0 Å². The molecule has 0 aromatic heterocycles. The van der Waals surface area contributed by atoms with E-state index in [-0.39, 0.29) is 5.82 Å². The van der Waals surface area contributed by atoms with E-state index in [0.29, 0.717) is 17.9 Å². The summed E-state index contributed by atoms with van der Waals surface area (Å²) in [6, 6.07) is 6.10. The molecule has 0 aliphatic heterocycles. The Balaban J connectivity index is 2.06. The summed E-state index contributed by atoms with van der Waals surface area (Å²) < 4.78 is 12.9. The van der Waals surface area contributed by atoms with Crippen molar-refractivity contribution < 1.29 is 9.50 Å². The minimum atomic E-state index is -0.299. The van der Waals surface area contributed by atoms with Crippen molar-refractivity contribution in [3.8, 4) is 0 Å². The van der Waals surface area contributed by atoms with Crippen LogP contribution in [0.1, 0.15) is 19.3 Å². The van der Waals surface area contributed by atoms with E-state index in [2.05, 4.69) is 10.5 Å². The van der Waals surface area contributed by atoms with Gasteiger partial charge in [-0.1, -0.05) is 6.07 Å². The summed E-state index contributed by atoms with van der Waals surface area (Å²) in [5, 5.41) is 13.4. The van der Waals surface area contributed by atoms with Crippen molar-refractivity contribution in [2.75, 3.05) is 5.43 Å². The van der Waals surface area contributed by atoms with Gasteiger partial charge < -0.3 is 5.11 Å². The van der Waals surface area contributed by atoms with E-state index in [1.807, 2.05) is 0 Å². The number of aliphatic hydroxyl groups excluding tert-OH is 1. The zero-order valence-corrected chi connectivity index (χ0v) is 8.78. The van der Waals surface area contributed by atoms with Crippen LogP contribution in [0.5, 0.6) is 0 Å². The lowest BCUT2D eigenvalue weighted by molar-refractivity contribution is 0.382. The normalized spacial score (nSPS) is 18.3. The van der Waals surface area contributed by atoms with Gasteiger partial charge in [0.25, 0.3) is 0 Å². The molecule has 2 N–H and O–H groups in total. The third-order valence-electron chi connectivity index (χ3n) is 2.35. The van der Waals surface area contributed by atoms with Crippen LogP contribution in [0, 0.1) is 5.82 Å². The van der Waals surface area contributed by atoms with Gasteiger partial charge in [-0.15, -0.1) is 0 Å². The fraction of sp³-hybridized carbons (Fsp3) is 0.250. The first-order valence-corrected chi connectivity index (χ1v) is 5.22. The Morgan fingerprint density at radius 3 is 2.94 bits per heavy atom. The van der Waals surface area contributed by atoms with Crippen molar-refractivity contribution in [3.05, 3.63) is 41.9 Å². The highest BCUT2D eigenvalue weighted by Gasteiger charge is 2.06. The van der Waals surface area contributed by atoms with E-state index < -0.39 is 0 Å². The molecule has 0 saturated heterocycles. The lowest BCUT2D eigenvalue weighted by Crippen LogP contribution is -2.05. The Hall–Kier alpha value is -1.84. The number of nitrogens with zero attached hydrogens (tertiary/aromatic N) is 1. The second-order valence-corrected chi connectivity index (χ2v) is 3.71. The summed E-state index contributed by atoms with van der Waals surface area (Å²) in [4.78, 5) is 0. The van der Waals surface area contributed by atoms with Gasteiger partial charge in [0.1, 0.15) is 5.82 Å². The Morgan fingerprint density at radius 2 is 2.19 bits per heavy atom. The van der Waals surface area contributed by atoms with E-state index >= 15 is 0 Å². The van der Waals surface area contributed by atoms with Gasteiger partial charge in [-0.05, 0) is 37.1 Å². The molecule has 0 bridgehead atoms. The number of nitrogens with one attached hydrogen (secondary N) is 1. The van der Waals surface area contributed by atoms with Crippen LogP contribution >= 0.6 is 0 Å². The summed E-state index contributed by atoms with van der Waals surface area (Å²) >= 11 is 0. The molecule has 1 aliphatic carbocycles. The topological polar surface area (TPSA) is 44.6 Å². The molecule has 4 heteroatoms. The molecule has 0 fully saturated rings. The predicted molar refractivity (Wildman–Crippen MR) is 62.0 cm³/mol. The van der Waals surface area contributed by atoms with Crippen LogP contribution in [0.15, 0.2) is 41.2 Å². The van der Waals surface area contributed by atoms with Crippen LogP contribution < -0.4 is 5.43 Å². The molecule has 2 rings (SSSR count). The minimum Gasteiger partial charge on any atom is -0.512 e. The molecule has 1 aromatic carbocycles. The Morgan fingerprint density at radius 1 is 1.31 bits per heavy atom. The lowest BCUT2D eigenvalue weighted by atomic mass is 10.0. The van der Waals surface area contributed by atoms with Crippen molar-refractivity contribution in [1.82, 2.24) is 0 Å². The number of allylic oxidation sites excluding steroid dienone is 2. The largest absolute Gasteiger partial charge is 0.512 e. The molecule has 1 aromatic rings. The van der Waals surface area contributed by atoms with E-state index in [9.17, 15) is 9.50 Å². The average Bonchev–Trinajstić information content (AvgIpc) is 2.27. The fourth-order valence-electron chi connectivity index (χ4n) is 1.57. The smallest absolute Gasteiger partial charge is 0.125 e. The quantitative estimate of drug-likeness (QED) is 0.751. The Labute approximate surface area is 93.3 Å². The van der Waals surface area contributed by atoms with Crippen molar-refractivity contribution in [2.24, 2.45) is 5.10 Å². The predicted octanol–water partition coefficient (Wildman–Crippen LogP) is 3.22.